The Bertz CT molecular complexity index is 1220. The lowest BCUT2D eigenvalue weighted by Gasteiger charge is -2.17. The number of carbonyl (C=O) groups excluding carboxylic acids is 1. The van der Waals surface area contributed by atoms with E-state index >= 15 is 0 Å². The minimum atomic E-state index is -0.172. The smallest absolute Gasteiger partial charge is 0.261 e. The Morgan fingerprint density at radius 1 is 1.20 bits per heavy atom. The molecule has 0 bridgehead atoms. The van der Waals surface area contributed by atoms with E-state index in [4.69, 9.17) is 20.0 Å². The molecule has 11 heteroatoms. The number of fused-ring (bicyclic) bond motifs is 2. The number of nitrogen functional groups attached to an aromatic ring is 1. The van der Waals surface area contributed by atoms with Gasteiger partial charge >= 0.3 is 0 Å². The van der Waals surface area contributed by atoms with Crippen molar-refractivity contribution in [3.05, 3.63) is 40.4 Å². The molecule has 4 rings (SSSR count). The fourth-order valence-corrected chi connectivity index (χ4v) is 4.71. The number of thiophene rings is 1. The summed E-state index contributed by atoms with van der Waals surface area (Å²) >= 11 is 1.26. The van der Waals surface area contributed by atoms with Crippen LogP contribution in [0.25, 0.3) is 10.2 Å². The van der Waals surface area contributed by atoms with Crippen molar-refractivity contribution in [2.45, 2.75) is 27.2 Å². The second kappa shape index (κ2) is 11.3. The van der Waals surface area contributed by atoms with Crippen LogP contribution in [0.5, 0.6) is 11.5 Å². The fourth-order valence-electron chi connectivity index (χ4n) is 3.76. The molecule has 0 fully saturated rings. The van der Waals surface area contributed by atoms with Crippen molar-refractivity contribution in [3.8, 4) is 11.5 Å². The molecule has 35 heavy (non-hydrogen) atoms. The van der Waals surface area contributed by atoms with Crippen LogP contribution in [0.1, 0.15) is 48.1 Å². The molecule has 0 saturated carbocycles. The highest BCUT2D eigenvalue weighted by molar-refractivity contribution is 7.20. The molecule has 0 spiro atoms. The van der Waals surface area contributed by atoms with Crippen LogP contribution in [0.4, 0.5) is 5.95 Å². The summed E-state index contributed by atoms with van der Waals surface area (Å²) in [6.07, 6.45) is 0.834. The summed E-state index contributed by atoms with van der Waals surface area (Å²) in [5, 5.41) is 7.97. The van der Waals surface area contributed by atoms with Gasteiger partial charge in [-0.3, -0.25) is 4.79 Å². The Morgan fingerprint density at radius 2 is 2.00 bits per heavy atom. The Morgan fingerprint density at radius 3 is 2.77 bits per heavy atom. The van der Waals surface area contributed by atoms with Gasteiger partial charge in [0.15, 0.2) is 11.5 Å². The molecule has 0 aliphatic carbocycles. The summed E-state index contributed by atoms with van der Waals surface area (Å²) in [4.78, 5) is 30.5. The number of hydrogen-bond donors (Lipinski definition) is 2. The molecule has 3 N–H and O–H groups in total. The fraction of sp³-hybridized carbons (Fsp3) is 0.417. The minimum absolute atomic E-state index is 0.0896. The maximum atomic E-state index is 12.5. The monoisotopic (exact) mass is 498 g/mol. The molecular formula is C24H30N6O4S. The SMILES string of the molecule is CCNC(=O)c1cc2c(C(=NOCCCN(CC)CC)c3ccc4c(c3)OCO4)nc(N)nc2s1. The standard InChI is InChI=1S/C24H30N6O4S/c1-4-26-22(31)19-13-16-21(27-24(25)28-23(16)35-19)20(29-34-11-7-10-30(5-2)6-3)15-8-9-17-18(12-15)33-14-32-17/h8-9,12-13H,4-7,10-11,14H2,1-3H3,(H,26,31)(H2,25,27,28). The average molecular weight is 499 g/mol. The van der Waals surface area contributed by atoms with Gasteiger partial charge in [0.25, 0.3) is 5.91 Å². The van der Waals surface area contributed by atoms with Gasteiger partial charge in [-0.05, 0) is 50.7 Å². The van der Waals surface area contributed by atoms with Gasteiger partial charge in [0.05, 0.1) is 4.88 Å². The number of oxime groups is 1. The largest absolute Gasteiger partial charge is 0.454 e. The van der Waals surface area contributed by atoms with Crippen molar-refractivity contribution in [1.82, 2.24) is 20.2 Å². The summed E-state index contributed by atoms with van der Waals surface area (Å²) < 4.78 is 11.0. The normalized spacial score (nSPS) is 13.0. The van der Waals surface area contributed by atoms with E-state index in [0.29, 0.717) is 51.2 Å². The first-order valence-electron chi connectivity index (χ1n) is 11.7. The van der Waals surface area contributed by atoms with Crippen LogP contribution < -0.4 is 20.5 Å². The lowest BCUT2D eigenvalue weighted by Crippen LogP contribution is -2.24. The third-order valence-electron chi connectivity index (χ3n) is 5.60. The molecule has 10 nitrogen and oxygen atoms in total. The minimum Gasteiger partial charge on any atom is -0.454 e. The van der Waals surface area contributed by atoms with E-state index < -0.39 is 0 Å². The highest BCUT2D eigenvalue weighted by Crippen LogP contribution is 2.34. The zero-order chi connectivity index (χ0) is 24.8. The lowest BCUT2D eigenvalue weighted by atomic mass is 10.0. The van der Waals surface area contributed by atoms with E-state index in [-0.39, 0.29) is 18.6 Å². The van der Waals surface area contributed by atoms with Crippen LogP contribution in [-0.4, -0.2) is 66.1 Å². The predicted octanol–water partition coefficient (Wildman–Crippen LogP) is 3.25. The third-order valence-corrected chi connectivity index (χ3v) is 6.63. The summed E-state index contributed by atoms with van der Waals surface area (Å²) in [6, 6.07) is 7.29. The number of nitrogens with zero attached hydrogens (tertiary/aromatic N) is 4. The molecule has 1 amide bonds. The van der Waals surface area contributed by atoms with E-state index in [0.717, 1.165) is 31.6 Å². The van der Waals surface area contributed by atoms with Gasteiger partial charge in [0.1, 0.15) is 22.8 Å². The number of hydrogen-bond acceptors (Lipinski definition) is 10. The van der Waals surface area contributed by atoms with Crippen molar-refractivity contribution in [3.63, 3.8) is 0 Å². The van der Waals surface area contributed by atoms with Crippen LogP contribution in [0.2, 0.25) is 0 Å². The molecule has 3 heterocycles. The van der Waals surface area contributed by atoms with Crippen LogP contribution in [0.3, 0.4) is 0 Å². The second-order valence-corrected chi connectivity index (χ2v) is 8.87. The third kappa shape index (κ3) is 5.63. The average Bonchev–Trinajstić information content (AvgIpc) is 3.50. The van der Waals surface area contributed by atoms with Crippen molar-refractivity contribution in [2.24, 2.45) is 5.16 Å². The Hall–Kier alpha value is -3.44. The first-order chi connectivity index (χ1) is 17.0. The molecular weight excluding hydrogens is 468 g/mol. The topological polar surface area (TPSA) is 124 Å². The number of benzene rings is 1. The summed E-state index contributed by atoms with van der Waals surface area (Å²) in [7, 11) is 0. The quantitative estimate of drug-likeness (QED) is 0.235. The summed E-state index contributed by atoms with van der Waals surface area (Å²) in [6.45, 7) is 10.2. The molecule has 0 saturated heterocycles. The Kier molecular flexibility index (Phi) is 7.98. The van der Waals surface area contributed by atoms with Gasteiger partial charge < -0.3 is 30.3 Å². The zero-order valence-corrected chi connectivity index (χ0v) is 21.0. The van der Waals surface area contributed by atoms with Crippen molar-refractivity contribution < 1.29 is 19.1 Å². The van der Waals surface area contributed by atoms with Crippen molar-refractivity contribution in [2.75, 3.05) is 45.3 Å². The van der Waals surface area contributed by atoms with Gasteiger partial charge in [-0.1, -0.05) is 19.0 Å². The summed E-state index contributed by atoms with van der Waals surface area (Å²) in [5.41, 5.74) is 7.74. The molecule has 1 aromatic carbocycles. The van der Waals surface area contributed by atoms with E-state index in [2.05, 4.69) is 39.2 Å². The molecule has 0 radical (unpaired) electrons. The van der Waals surface area contributed by atoms with Crippen molar-refractivity contribution >= 4 is 39.1 Å². The van der Waals surface area contributed by atoms with Gasteiger partial charge in [-0.2, -0.15) is 0 Å². The maximum absolute atomic E-state index is 12.5. The second-order valence-electron chi connectivity index (χ2n) is 7.84. The molecule has 0 unspecified atom stereocenters. The molecule has 186 valence electrons. The highest BCUT2D eigenvalue weighted by Gasteiger charge is 2.22. The Labute approximate surface area is 208 Å². The summed E-state index contributed by atoms with van der Waals surface area (Å²) in [5.74, 6) is 1.19. The van der Waals surface area contributed by atoms with Crippen molar-refractivity contribution in [1.29, 1.82) is 0 Å². The van der Waals surface area contributed by atoms with Gasteiger partial charge in [0, 0.05) is 24.0 Å². The van der Waals surface area contributed by atoms with Gasteiger partial charge in [0.2, 0.25) is 12.7 Å². The number of nitrogens with one attached hydrogen (secondary N) is 1. The van der Waals surface area contributed by atoms with E-state index in [1.54, 1.807) is 6.07 Å². The van der Waals surface area contributed by atoms with Crippen LogP contribution in [0, 0.1) is 0 Å². The van der Waals surface area contributed by atoms with Crippen LogP contribution in [0.15, 0.2) is 29.4 Å². The number of nitrogens with two attached hydrogens (primary N) is 1. The number of rotatable bonds is 11. The molecule has 1 aliphatic heterocycles. The molecule has 2 aromatic heterocycles. The van der Waals surface area contributed by atoms with Crippen LogP contribution >= 0.6 is 11.3 Å². The number of carbonyl (C=O) groups is 1. The first-order valence-corrected chi connectivity index (χ1v) is 12.5. The Balaban J connectivity index is 1.71. The molecule has 0 atom stereocenters. The van der Waals surface area contributed by atoms with Crippen LogP contribution in [-0.2, 0) is 4.84 Å². The lowest BCUT2D eigenvalue weighted by molar-refractivity contribution is 0.0960. The number of ether oxygens (including phenoxy) is 2. The van der Waals surface area contributed by atoms with E-state index in [1.807, 2.05) is 25.1 Å². The number of amides is 1. The number of aromatic nitrogens is 2. The first kappa shape index (κ1) is 24.7. The molecule has 1 aliphatic rings. The highest BCUT2D eigenvalue weighted by atomic mass is 32.1. The predicted molar refractivity (Wildman–Crippen MR) is 136 cm³/mol. The van der Waals surface area contributed by atoms with E-state index in [1.165, 1.54) is 11.3 Å². The van der Waals surface area contributed by atoms with Gasteiger partial charge in [-0.15, -0.1) is 11.3 Å². The zero-order valence-electron chi connectivity index (χ0n) is 20.2. The maximum Gasteiger partial charge on any atom is 0.261 e. The van der Waals surface area contributed by atoms with E-state index in [9.17, 15) is 4.79 Å². The molecule has 3 aromatic rings. The number of anilines is 1. The van der Waals surface area contributed by atoms with Gasteiger partial charge in [-0.25, -0.2) is 9.97 Å².